The average Bonchev–Trinajstić information content (AvgIpc) is 2.36. The third kappa shape index (κ3) is 2.58. The van der Waals surface area contributed by atoms with E-state index in [1.807, 2.05) is 0 Å². The first-order valence-corrected chi connectivity index (χ1v) is 7.45. The lowest BCUT2D eigenvalue weighted by Gasteiger charge is -2.40. The van der Waals surface area contributed by atoms with Crippen molar-refractivity contribution in [2.24, 2.45) is 16.2 Å². The lowest BCUT2D eigenvalue weighted by molar-refractivity contribution is 0.216. The normalized spacial score (nSPS) is 29.4. The van der Waals surface area contributed by atoms with Gasteiger partial charge in [-0.2, -0.15) is 0 Å². The second-order valence-electron chi connectivity index (χ2n) is 8.66. The Kier molecular flexibility index (Phi) is 3.08. The highest BCUT2D eigenvalue weighted by molar-refractivity contribution is 5.43. The molecule has 2 aliphatic rings. The van der Waals surface area contributed by atoms with Crippen LogP contribution in [0, 0.1) is 16.2 Å². The first-order valence-electron chi connectivity index (χ1n) is 7.45. The zero-order valence-electron chi connectivity index (χ0n) is 13.4. The molecule has 0 radical (unpaired) electrons. The molecular formula is C18H30. The molecule has 0 atom stereocenters. The Bertz CT molecular complexity index is 413. The van der Waals surface area contributed by atoms with Gasteiger partial charge < -0.3 is 0 Å². The smallest absolute Gasteiger partial charge is 0.0138 e. The Labute approximate surface area is 114 Å². The topological polar surface area (TPSA) is 0 Å². The monoisotopic (exact) mass is 246 g/mol. The molecule has 0 nitrogen and oxygen atoms in total. The standard InChI is InChI=1S/C18H30/c1-13-15(8-9-18(13,6)7)14-10-16(2,3)12-17(4,5)11-14/h10H,8-9,11-12H2,1-7H3. The Hall–Kier alpha value is -0.520. The molecule has 0 saturated carbocycles. The van der Waals surface area contributed by atoms with Crippen molar-refractivity contribution in [3.63, 3.8) is 0 Å². The molecule has 0 saturated heterocycles. The van der Waals surface area contributed by atoms with Crippen LogP contribution >= 0.6 is 0 Å². The molecule has 0 bridgehead atoms. The van der Waals surface area contributed by atoms with Gasteiger partial charge in [-0.3, -0.25) is 0 Å². The SMILES string of the molecule is CC1=C(C2=CC(C)(C)CC(C)(C)C2)CCC1(C)C. The maximum atomic E-state index is 2.57. The summed E-state index contributed by atoms with van der Waals surface area (Å²) in [6.07, 6.45) is 7.75. The van der Waals surface area contributed by atoms with Gasteiger partial charge in [0.1, 0.15) is 0 Å². The molecule has 0 spiro atoms. The van der Waals surface area contributed by atoms with Gasteiger partial charge in [-0.25, -0.2) is 0 Å². The molecule has 0 fully saturated rings. The molecule has 0 aromatic rings. The number of hydrogen-bond acceptors (Lipinski definition) is 0. The summed E-state index contributed by atoms with van der Waals surface area (Å²) >= 11 is 0. The van der Waals surface area contributed by atoms with Gasteiger partial charge in [0.25, 0.3) is 0 Å². The summed E-state index contributed by atoms with van der Waals surface area (Å²) < 4.78 is 0. The molecule has 0 aromatic heterocycles. The molecule has 0 unspecified atom stereocenters. The summed E-state index contributed by atoms with van der Waals surface area (Å²) in [5, 5.41) is 0. The fourth-order valence-electron chi connectivity index (χ4n) is 4.20. The van der Waals surface area contributed by atoms with E-state index in [2.05, 4.69) is 54.5 Å². The van der Waals surface area contributed by atoms with Crippen LogP contribution in [0.5, 0.6) is 0 Å². The summed E-state index contributed by atoms with van der Waals surface area (Å²) in [7, 11) is 0. The van der Waals surface area contributed by atoms with E-state index < -0.39 is 0 Å². The quantitative estimate of drug-likeness (QED) is 0.540. The maximum absolute atomic E-state index is 2.57. The second-order valence-corrected chi connectivity index (χ2v) is 8.66. The summed E-state index contributed by atoms with van der Waals surface area (Å²) in [5.41, 5.74) is 6.20. The average molecular weight is 246 g/mol. The van der Waals surface area contributed by atoms with Crippen LogP contribution in [0.1, 0.15) is 74.1 Å². The molecule has 0 heteroatoms. The van der Waals surface area contributed by atoms with Crippen LogP contribution in [0.25, 0.3) is 0 Å². The number of allylic oxidation sites excluding steroid dienone is 4. The van der Waals surface area contributed by atoms with Gasteiger partial charge >= 0.3 is 0 Å². The minimum atomic E-state index is 0.358. The van der Waals surface area contributed by atoms with Crippen LogP contribution in [0.15, 0.2) is 22.8 Å². The van der Waals surface area contributed by atoms with Crippen molar-refractivity contribution < 1.29 is 0 Å². The second kappa shape index (κ2) is 3.99. The van der Waals surface area contributed by atoms with Crippen molar-refractivity contribution >= 4 is 0 Å². The van der Waals surface area contributed by atoms with E-state index in [-0.39, 0.29) is 0 Å². The predicted molar refractivity (Wildman–Crippen MR) is 80.6 cm³/mol. The van der Waals surface area contributed by atoms with E-state index in [9.17, 15) is 0 Å². The van der Waals surface area contributed by atoms with Crippen LogP contribution in [0.2, 0.25) is 0 Å². The molecule has 102 valence electrons. The predicted octanol–water partition coefficient (Wildman–Crippen LogP) is 5.90. The van der Waals surface area contributed by atoms with E-state index >= 15 is 0 Å². The molecule has 0 heterocycles. The van der Waals surface area contributed by atoms with Crippen LogP contribution in [-0.4, -0.2) is 0 Å². The Morgan fingerprint density at radius 3 is 2.06 bits per heavy atom. The fraction of sp³-hybridized carbons (Fsp3) is 0.778. The van der Waals surface area contributed by atoms with E-state index in [4.69, 9.17) is 0 Å². The highest BCUT2D eigenvalue weighted by atomic mass is 14.4. The van der Waals surface area contributed by atoms with Crippen molar-refractivity contribution in [1.82, 2.24) is 0 Å². The van der Waals surface area contributed by atoms with Crippen LogP contribution in [-0.2, 0) is 0 Å². The summed E-state index contributed by atoms with van der Waals surface area (Å²) in [5.74, 6) is 0. The van der Waals surface area contributed by atoms with Crippen molar-refractivity contribution in [2.75, 3.05) is 0 Å². The number of hydrogen-bond donors (Lipinski definition) is 0. The molecule has 0 amide bonds. The molecule has 2 aliphatic carbocycles. The van der Waals surface area contributed by atoms with Crippen molar-refractivity contribution in [3.8, 4) is 0 Å². The molecule has 2 rings (SSSR count). The van der Waals surface area contributed by atoms with Gasteiger partial charge in [-0.1, -0.05) is 53.2 Å². The van der Waals surface area contributed by atoms with E-state index in [1.165, 1.54) is 25.7 Å². The fourth-order valence-corrected chi connectivity index (χ4v) is 4.20. The Morgan fingerprint density at radius 1 is 1.00 bits per heavy atom. The summed E-state index contributed by atoms with van der Waals surface area (Å²) in [4.78, 5) is 0. The minimum Gasteiger partial charge on any atom is -0.0753 e. The third-order valence-corrected chi connectivity index (χ3v) is 5.02. The summed E-state index contributed by atoms with van der Waals surface area (Å²) in [6, 6.07) is 0. The van der Waals surface area contributed by atoms with E-state index in [0.29, 0.717) is 16.2 Å². The van der Waals surface area contributed by atoms with Gasteiger partial charge in [0.2, 0.25) is 0 Å². The first-order chi connectivity index (χ1) is 8.03. The van der Waals surface area contributed by atoms with Gasteiger partial charge in [-0.15, -0.1) is 0 Å². The highest BCUT2D eigenvalue weighted by Gasteiger charge is 2.37. The maximum Gasteiger partial charge on any atom is -0.0138 e. The van der Waals surface area contributed by atoms with E-state index in [0.717, 1.165) is 0 Å². The van der Waals surface area contributed by atoms with Crippen molar-refractivity contribution in [2.45, 2.75) is 74.1 Å². The Balaban J connectivity index is 2.40. The minimum absolute atomic E-state index is 0.358. The van der Waals surface area contributed by atoms with Crippen molar-refractivity contribution in [3.05, 3.63) is 22.8 Å². The molecule has 0 aromatic carbocycles. The number of rotatable bonds is 1. The highest BCUT2D eigenvalue weighted by Crippen LogP contribution is 2.51. The van der Waals surface area contributed by atoms with Crippen LogP contribution in [0.4, 0.5) is 0 Å². The van der Waals surface area contributed by atoms with Gasteiger partial charge in [-0.05, 0) is 60.0 Å². The lowest BCUT2D eigenvalue weighted by atomic mass is 9.65. The zero-order chi connectivity index (χ0) is 13.8. The lowest BCUT2D eigenvalue weighted by Crippen LogP contribution is -2.27. The first kappa shape index (κ1) is 13.9. The molecule has 0 N–H and O–H groups in total. The van der Waals surface area contributed by atoms with Crippen LogP contribution in [0.3, 0.4) is 0 Å². The van der Waals surface area contributed by atoms with Crippen LogP contribution < -0.4 is 0 Å². The van der Waals surface area contributed by atoms with Gasteiger partial charge in [0.05, 0.1) is 0 Å². The molecular weight excluding hydrogens is 216 g/mol. The largest absolute Gasteiger partial charge is 0.0753 e. The summed E-state index contributed by atoms with van der Waals surface area (Å²) in [6.45, 7) is 16.8. The third-order valence-electron chi connectivity index (χ3n) is 5.02. The Morgan fingerprint density at radius 2 is 1.61 bits per heavy atom. The van der Waals surface area contributed by atoms with Crippen molar-refractivity contribution in [1.29, 1.82) is 0 Å². The zero-order valence-corrected chi connectivity index (χ0v) is 13.4. The van der Waals surface area contributed by atoms with Gasteiger partial charge in [0, 0.05) is 0 Å². The molecule has 18 heavy (non-hydrogen) atoms. The van der Waals surface area contributed by atoms with E-state index in [1.54, 1.807) is 16.7 Å². The van der Waals surface area contributed by atoms with Gasteiger partial charge in [0.15, 0.2) is 0 Å². The molecule has 0 aliphatic heterocycles.